The van der Waals surface area contributed by atoms with Crippen LogP contribution in [0.3, 0.4) is 0 Å². The fourth-order valence-electron chi connectivity index (χ4n) is 1.30. The van der Waals surface area contributed by atoms with Crippen LogP contribution in [0.4, 0.5) is 0 Å². The topological polar surface area (TPSA) is 12.4 Å². The average Bonchev–Trinajstić information content (AvgIpc) is 1.91. The van der Waals surface area contributed by atoms with Crippen molar-refractivity contribution in [2.24, 2.45) is 4.99 Å². The smallest absolute Gasteiger partial charge is 0.0495 e. The lowest BCUT2D eigenvalue weighted by Crippen LogP contribution is -2.08. The molecule has 52 valence electrons. The summed E-state index contributed by atoms with van der Waals surface area (Å²) in [5.41, 5.74) is 0. The Labute approximate surface area is 57.2 Å². The summed E-state index contributed by atoms with van der Waals surface area (Å²) < 4.78 is 0. The first-order chi connectivity index (χ1) is 4.43. The summed E-state index contributed by atoms with van der Waals surface area (Å²) in [6.45, 7) is 2.23. The fourth-order valence-corrected chi connectivity index (χ4v) is 1.30. The van der Waals surface area contributed by atoms with Gasteiger partial charge in [-0.15, -0.1) is 0 Å². The molecule has 1 nitrogen and oxygen atoms in total. The zero-order valence-corrected chi connectivity index (χ0v) is 6.14. The van der Waals surface area contributed by atoms with Crippen molar-refractivity contribution >= 4 is 6.21 Å². The SMILES string of the molecule is CCCC1CCCC=N1. The first-order valence-corrected chi connectivity index (χ1v) is 3.95. The van der Waals surface area contributed by atoms with E-state index in [-0.39, 0.29) is 0 Å². The van der Waals surface area contributed by atoms with Crippen molar-refractivity contribution in [3.05, 3.63) is 0 Å². The predicted octanol–water partition coefficient (Wildman–Crippen LogP) is 2.41. The van der Waals surface area contributed by atoms with Crippen LogP contribution in [0.15, 0.2) is 4.99 Å². The van der Waals surface area contributed by atoms with Crippen LogP contribution in [0.1, 0.15) is 39.0 Å². The summed E-state index contributed by atoms with van der Waals surface area (Å²) in [6, 6.07) is 0.670. The second kappa shape index (κ2) is 3.65. The van der Waals surface area contributed by atoms with Crippen LogP contribution in [0, 0.1) is 0 Å². The Balaban J connectivity index is 2.23. The van der Waals surface area contributed by atoms with E-state index in [0.717, 1.165) is 0 Å². The normalized spacial score (nSPS) is 26.6. The third-order valence-corrected chi connectivity index (χ3v) is 1.81. The van der Waals surface area contributed by atoms with E-state index in [1.165, 1.54) is 32.1 Å². The zero-order valence-electron chi connectivity index (χ0n) is 6.14. The molecule has 0 bridgehead atoms. The van der Waals surface area contributed by atoms with E-state index < -0.39 is 0 Å². The van der Waals surface area contributed by atoms with Gasteiger partial charge in [0.15, 0.2) is 0 Å². The number of rotatable bonds is 2. The molecule has 1 heteroatoms. The molecule has 1 aliphatic rings. The number of nitrogens with zero attached hydrogens (tertiary/aromatic N) is 1. The second-order valence-corrected chi connectivity index (χ2v) is 2.71. The lowest BCUT2D eigenvalue weighted by molar-refractivity contribution is 0.533. The Morgan fingerprint density at radius 3 is 3.11 bits per heavy atom. The summed E-state index contributed by atoms with van der Waals surface area (Å²) >= 11 is 0. The standard InChI is InChI=1S/C8H15N/c1-2-5-8-6-3-4-7-9-8/h7-8H,2-6H2,1H3. The molecule has 1 aliphatic heterocycles. The quantitative estimate of drug-likeness (QED) is 0.537. The predicted molar refractivity (Wildman–Crippen MR) is 41.0 cm³/mol. The lowest BCUT2D eigenvalue weighted by Gasteiger charge is -2.13. The molecule has 0 spiro atoms. The molecule has 1 heterocycles. The average molecular weight is 125 g/mol. The van der Waals surface area contributed by atoms with Crippen LogP contribution in [-0.4, -0.2) is 12.3 Å². The van der Waals surface area contributed by atoms with Crippen LogP contribution < -0.4 is 0 Å². The highest BCUT2D eigenvalue weighted by Crippen LogP contribution is 2.13. The van der Waals surface area contributed by atoms with Gasteiger partial charge in [-0.2, -0.15) is 0 Å². The van der Waals surface area contributed by atoms with Gasteiger partial charge in [0.2, 0.25) is 0 Å². The van der Waals surface area contributed by atoms with Crippen LogP contribution in [0.25, 0.3) is 0 Å². The molecule has 0 fully saturated rings. The van der Waals surface area contributed by atoms with Crippen LogP contribution in [-0.2, 0) is 0 Å². The molecule has 1 unspecified atom stereocenters. The van der Waals surface area contributed by atoms with Crippen molar-refractivity contribution in [1.82, 2.24) is 0 Å². The summed E-state index contributed by atoms with van der Waals surface area (Å²) in [5, 5.41) is 0. The van der Waals surface area contributed by atoms with Crippen molar-refractivity contribution < 1.29 is 0 Å². The van der Waals surface area contributed by atoms with Gasteiger partial charge in [0, 0.05) is 6.04 Å². The van der Waals surface area contributed by atoms with Crippen molar-refractivity contribution in [2.45, 2.75) is 45.1 Å². The highest BCUT2D eigenvalue weighted by Gasteiger charge is 2.06. The Bertz CT molecular complexity index is 96.7. The van der Waals surface area contributed by atoms with E-state index >= 15 is 0 Å². The highest BCUT2D eigenvalue weighted by molar-refractivity contribution is 5.58. The molecule has 0 aliphatic carbocycles. The van der Waals surface area contributed by atoms with Crippen molar-refractivity contribution in [2.75, 3.05) is 0 Å². The second-order valence-electron chi connectivity index (χ2n) is 2.71. The fraction of sp³-hybridized carbons (Fsp3) is 0.875. The van der Waals surface area contributed by atoms with Crippen molar-refractivity contribution in [1.29, 1.82) is 0 Å². The molecular formula is C8H15N. The van der Waals surface area contributed by atoms with Gasteiger partial charge in [-0.05, 0) is 31.9 Å². The van der Waals surface area contributed by atoms with Crippen molar-refractivity contribution in [3.8, 4) is 0 Å². The minimum atomic E-state index is 0.670. The van der Waals surface area contributed by atoms with Gasteiger partial charge >= 0.3 is 0 Å². The molecule has 0 amide bonds. The van der Waals surface area contributed by atoms with E-state index in [1.807, 2.05) is 0 Å². The van der Waals surface area contributed by atoms with Gasteiger partial charge in [-0.1, -0.05) is 13.3 Å². The first-order valence-electron chi connectivity index (χ1n) is 3.95. The summed E-state index contributed by atoms with van der Waals surface area (Å²) in [5.74, 6) is 0. The van der Waals surface area contributed by atoms with Gasteiger partial charge in [0.25, 0.3) is 0 Å². The molecule has 1 atom stereocenters. The number of hydrogen-bond donors (Lipinski definition) is 0. The summed E-state index contributed by atoms with van der Waals surface area (Å²) in [7, 11) is 0. The largest absolute Gasteiger partial charge is 0.294 e. The number of aliphatic imine (C=N–C) groups is 1. The Kier molecular flexibility index (Phi) is 2.75. The molecular weight excluding hydrogens is 110 g/mol. The Hall–Kier alpha value is -0.330. The maximum atomic E-state index is 4.39. The van der Waals surface area contributed by atoms with Crippen LogP contribution in [0.2, 0.25) is 0 Å². The third kappa shape index (κ3) is 2.17. The minimum absolute atomic E-state index is 0.670. The molecule has 0 saturated heterocycles. The van der Waals surface area contributed by atoms with Crippen LogP contribution in [0.5, 0.6) is 0 Å². The third-order valence-electron chi connectivity index (χ3n) is 1.81. The van der Waals surface area contributed by atoms with Crippen molar-refractivity contribution in [3.63, 3.8) is 0 Å². The Morgan fingerprint density at radius 1 is 1.67 bits per heavy atom. The van der Waals surface area contributed by atoms with Gasteiger partial charge in [-0.3, -0.25) is 4.99 Å². The highest BCUT2D eigenvalue weighted by atomic mass is 14.8. The van der Waals surface area contributed by atoms with E-state index in [4.69, 9.17) is 0 Å². The van der Waals surface area contributed by atoms with Crippen LogP contribution >= 0.6 is 0 Å². The molecule has 0 aromatic rings. The lowest BCUT2D eigenvalue weighted by atomic mass is 10.0. The van der Waals surface area contributed by atoms with Gasteiger partial charge in [0.05, 0.1) is 0 Å². The molecule has 9 heavy (non-hydrogen) atoms. The molecule has 0 N–H and O–H groups in total. The van der Waals surface area contributed by atoms with Gasteiger partial charge in [0.1, 0.15) is 0 Å². The van der Waals surface area contributed by atoms with E-state index in [1.54, 1.807) is 0 Å². The van der Waals surface area contributed by atoms with E-state index in [9.17, 15) is 0 Å². The first kappa shape index (κ1) is 6.79. The molecule has 0 saturated carbocycles. The number of hydrogen-bond acceptors (Lipinski definition) is 1. The Morgan fingerprint density at radius 2 is 2.56 bits per heavy atom. The molecule has 1 rings (SSSR count). The van der Waals surface area contributed by atoms with Gasteiger partial charge in [-0.25, -0.2) is 0 Å². The molecule has 0 radical (unpaired) electrons. The monoisotopic (exact) mass is 125 g/mol. The summed E-state index contributed by atoms with van der Waals surface area (Å²) in [6.07, 6.45) is 8.54. The maximum Gasteiger partial charge on any atom is 0.0495 e. The minimum Gasteiger partial charge on any atom is -0.294 e. The maximum absolute atomic E-state index is 4.39. The zero-order chi connectivity index (χ0) is 6.53. The molecule has 0 aromatic heterocycles. The molecule has 0 aromatic carbocycles. The van der Waals surface area contributed by atoms with E-state index in [0.29, 0.717) is 6.04 Å². The summed E-state index contributed by atoms with van der Waals surface area (Å²) in [4.78, 5) is 4.39. The van der Waals surface area contributed by atoms with E-state index in [2.05, 4.69) is 18.1 Å². The van der Waals surface area contributed by atoms with Gasteiger partial charge < -0.3 is 0 Å².